The van der Waals surface area contributed by atoms with Gasteiger partial charge in [-0.05, 0) is 65.4 Å². The Bertz CT molecular complexity index is 1650. The fourth-order valence-electron chi connectivity index (χ4n) is 6.47. The van der Waals surface area contributed by atoms with Gasteiger partial charge in [0.05, 0.1) is 24.7 Å². The highest BCUT2D eigenvalue weighted by Gasteiger charge is 2.49. The number of carbonyl (C=O) groups is 1. The van der Waals surface area contributed by atoms with Crippen LogP contribution in [0.4, 0.5) is 10.1 Å². The topological polar surface area (TPSA) is 151 Å². The van der Waals surface area contributed by atoms with Gasteiger partial charge in [0, 0.05) is 11.3 Å². The molecule has 2 aliphatic rings. The monoisotopic (exact) mass is 629 g/mol. The maximum Gasteiger partial charge on any atom is 0.233 e. The zero-order valence-electron chi connectivity index (χ0n) is 24.8. The quantitative estimate of drug-likeness (QED) is 0.153. The van der Waals surface area contributed by atoms with E-state index in [0.29, 0.717) is 35.2 Å². The summed E-state index contributed by atoms with van der Waals surface area (Å²) in [5.74, 6) is -1.16. The molecule has 240 valence electrons. The molecule has 0 radical (unpaired) electrons. The van der Waals surface area contributed by atoms with Gasteiger partial charge in [0.15, 0.2) is 0 Å². The normalized spacial score (nSPS) is 26.9. The third kappa shape index (κ3) is 6.03. The molecule has 0 aliphatic carbocycles. The first kappa shape index (κ1) is 31.8. The highest BCUT2D eigenvalue weighted by Crippen LogP contribution is 2.49. The molecule has 0 aromatic heterocycles. The second-order valence-corrected chi connectivity index (χ2v) is 11.9. The molecule has 0 unspecified atom stereocenters. The molecule has 6 N–H and O–H groups in total. The standard InChI is InChI=1S/C36H36FNO8/c37-24-11-13-25(14-12-24)38-31(27(36(38)45)16-17-28(40)21-4-2-1-3-5-21)26-15-10-23(18-29(26)41)20-6-8-22(9-7-20)35-34(44)33(43)32(42)30(19-39)46-35/h1-15,18,27-28,30-35,39-44H,16-17,19H2/t27-,28+,30-,31-,32-,33+,34-,35+/m1/s1. The van der Waals surface area contributed by atoms with Crippen LogP contribution in [0, 0.1) is 11.7 Å². The number of hydrogen-bond acceptors (Lipinski definition) is 8. The Morgan fingerprint density at radius 2 is 1.50 bits per heavy atom. The van der Waals surface area contributed by atoms with Gasteiger partial charge < -0.3 is 40.3 Å². The minimum absolute atomic E-state index is 0.0336. The predicted molar refractivity (Wildman–Crippen MR) is 167 cm³/mol. The van der Waals surface area contributed by atoms with E-state index in [9.17, 15) is 39.8 Å². The maximum absolute atomic E-state index is 13.7. The Labute approximate surface area is 265 Å². The van der Waals surface area contributed by atoms with Crippen molar-refractivity contribution in [2.24, 2.45) is 5.92 Å². The number of aliphatic hydroxyl groups excluding tert-OH is 5. The first-order chi connectivity index (χ1) is 22.2. The van der Waals surface area contributed by atoms with Crippen LogP contribution in [-0.2, 0) is 9.53 Å². The minimum atomic E-state index is -1.49. The molecule has 10 heteroatoms. The van der Waals surface area contributed by atoms with Crippen LogP contribution in [-0.4, -0.2) is 67.6 Å². The van der Waals surface area contributed by atoms with Gasteiger partial charge in [0.1, 0.15) is 42.1 Å². The van der Waals surface area contributed by atoms with E-state index in [1.807, 2.05) is 36.4 Å². The molecule has 2 aliphatic heterocycles. The van der Waals surface area contributed by atoms with Crippen molar-refractivity contribution in [2.75, 3.05) is 11.5 Å². The maximum atomic E-state index is 13.7. The number of anilines is 1. The number of nitrogens with zero attached hydrogens (tertiary/aromatic N) is 1. The van der Waals surface area contributed by atoms with Crippen LogP contribution < -0.4 is 4.90 Å². The lowest BCUT2D eigenvalue weighted by atomic mass is 9.77. The molecule has 2 saturated heterocycles. The fraction of sp³-hybridized carbons (Fsp3) is 0.306. The SMILES string of the molecule is O=C1[C@H](CC[C@H](O)c2ccccc2)[C@@H](c2ccc(-c3ccc([C@@H]4O[C@H](CO)[C@@H](O)[C@H](O)[C@H]4O)cc3)cc2O)N1c1ccc(F)cc1. The summed E-state index contributed by atoms with van der Waals surface area (Å²) in [6.45, 7) is -0.523. The lowest BCUT2D eigenvalue weighted by molar-refractivity contribution is -0.231. The Hall–Kier alpha value is -4.16. The number of carbonyl (C=O) groups excluding carboxylic acids is 1. The van der Waals surface area contributed by atoms with E-state index in [1.54, 1.807) is 41.3 Å². The first-order valence-corrected chi connectivity index (χ1v) is 15.2. The number of phenolic OH excluding ortho intramolecular Hbond substituents is 1. The summed E-state index contributed by atoms with van der Waals surface area (Å²) in [6.07, 6.45) is -6.36. The summed E-state index contributed by atoms with van der Waals surface area (Å²) < 4.78 is 19.4. The number of amides is 1. The summed E-state index contributed by atoms with van der Waals surface area (Å²) in [5.41, 5.74) is 3.72. The molecule has 0 spiro atoms. The second-order valence-electron chi connectivity index (χ2n) is 11.9. The van der Waals surface area contributed by atoms with Gasteiger partial charge >= 0.3 is 0 Å². The van der Waals surface area contributed by atoms with Crippen LogP contribution in [0.25, 0.3) is 11.1 Å². The molecule has 2 fully saturated rings. The fourth-order valence-corrected chi connectivity index (χ4v) is 6.47. The molecule has 0 saturated carbocycles. The van der Waals surface area contributed by atoms with E-state index < -0.39 is 61.0 Å². The second kappa shape index (κ2) is 13.3. The van der Waals surface area contributed by atoms with E-state index in [0.717, 1.165) is 11.1 Å². The number of hydrogen-bond donors (Lipinski definition) is 6. The summed E-state index contributed by atoms with van der Waals surface area (Å²) in [7, 11) is 0. The predicted octanol–water partition coefficient (Wildman–Crippen LogP) is 3.93. The molecule has 4 aromatic rings. The van der Waals surface area contributed by atoms with Gasteiger partial charge in [-0.2, -0.15) is 0 Å². The van der Waals surface area contributed by atoms with Crippen LogP contribution >= 0.6 is 0 Å². The summed E-state index contributed by atoms with van der Waals surface area (Å²) >= 11 is 0. The Balaban J connectivity index is 1.24. The highest BCUT2D eigenvalue weighted by molar-refractivity contribution is 6.03. The number of aromatic hydroxyl groups is 1. The van der Waals surface area contributed by atoms with E-state index in [4.69, 9.17) is 4.74 Å². The van der Waals surface area contributed by atoms with E-state index in [-0.39, 0.29) is 11.7 Å². The van der Waals surface area contributed by atoms with Crippen molar-refractivity contribution in [3.8, 4) is 16.9 Å². The van der Waals surface area contributed by atoms with Crippen LogP contribution in [0.2, 0.25) is 0 Å². The largest absolute Gasteiger partial charge is 0.508 e. The average molecular weight is 630 g/mol. The number of rotatable bonds is 9. The molecule has 9 nitrogen and oxygen atoms in total. The molecule has 46 heavy (non-hydrogen) atoms. The number of ether oxygens (including phenoxy) is 1. The number of benzene rings is 4. The highest BCUT2D eigenvalue weighted by atomic mass is 19.1. The molecule has 4 aromatic carbocycles. The van der Waals surface area contributed by atoms with Crippen LogP contribution in [0.5, 0.6) is 5.75 Å². The zero-order valence-corrected chi connectivity index (χ0v) is 24.8. The minimum Gasteiger partial charge on any atom is -0.508 e. The van der Waals surface area contributed by atoms with Gasteiger partial charge in [-0.25, -0.2) is 4.39 Å². The number of aliphatic hydroxyl groups is 5. The Kier molecular flexibility index (Phi) is 9.19. The molecular formula is C36H36FNO8. The van der Waals surface area contributed by atoms with Crippen molar-refractivity contribution in [1.82, 2.24) is 0 Å². The summed E-state index contributed by atoms with van der Waals surface area (Å²) in [6, 6.07) is 26.4. The third-order valence-corrected chi connectivity index (χ3v) is 9.07. The lowest BCUT2D eigenvalue weighted by Gasteiger charge is -2.48. The van der Waals surface area contributed by atoms with Crippen molar-refractivity contribution in [1.29, 1.82) is 0 Å². The van der Waals surface area contributed by atoms with Gasteiger partial charge in [-0.15, -0.1) is 0 Å². The number of halogens is 1. The smallest absolute Gasteiger partial charge is 0.233 e. The van der Waals surface area contributed by atoms with Gasteiger partial charge in [0.25, 0.3) is 0 Å². The first-order valence-electron chi connectivity index (χ1n) is 15.2. The molecule has 0 bridgehead atoms. The van der Waals surface area contributed by atoms with E-state index in [2.05, 4.69) is 0 Å². The van der Waals surface area contributed by atoms with Crippen molar-refractivity contribution >= 4 is 11.6 Å². The average Bonchev–Trinajstić information content (AvgIpc) is 3.08. The van der Waals surface area contributed by atoms with Crippen molar-refractivity contribution in [2.45, 2.75) is 55.5 Å². The van der Waals surface area contributed by atoms with Crippen LogP contribution in [0.3, 0.4) is 0 Å². The van der Waals surface area contributed by atoms with Crippen LogP contribution in [0.1, 0.15) is 47.8 Å². The number of phenols is 1. The molecule has 6 rings (SSSR count). The molecule has 8 atom stereocenters. The van der Waals surface area contributed by atoms with Gasteiger partial charge in [0.2, 0.25) is 5.91 Å². The zero-order chi connectivity index (χ0) is 32.5. The molecular weight excluding hydrogens is 593 g/mol. The van der Waals surface area contributed by atoms with E-state index in [1.165, 1.54) is 24.3 Å². The molecule has 2 heterocycles. The number of β-lactam (4-membered cyclic amide) rings is 1. The Morgan fingerprint density at radius 3 is 2.15 bits per heavy atom. The van der Waals surface area contributed by atoms with Crippen molar-refractivity contribution in [3.63, 3.8) is 0 Å². The van der Waals surface area contributed by atoms with Crippen LogP contribution in [0.15, 0.2) is 97.1 Å². The Morgan fingerprint density at radius 1 is 0.826 bits per heavy atom. The van der Waals surface area contributed by atoms with E-state index >= 15 is 0 Å². The summed E-state index contributed by atoms with van der Waals surface area (Å²) in [4.78, 5) is 15.0. The molecule has 1 amide bonds. The van der Waals surface area contributed by atoms with Crippen molar-refractivity contribution in [3.05, 3.63) is 120 Å². The summed E-state index contributed by atoms with van der Waals surface area (Å²) in [5, 5.41) is 62.3. The lowest BCUT2D eigenvalue weighted by Crippen LogP contribution is -2.55. The van der Waals surface area contributed by atoms with Gasteiger partial charge in [-0.3, -0.25) is 4.79 Å². The van der Waals surface area contributed by atoms with Crippen molar-refractivity contribution < 1.29 is 44.6 Å². The third-order valence-electron chi connectivity index (χ3n) is 9.07. The van der Waals surface area contributed by atoms with Gasteiger partial charge in [-0.1, -0.05) is 66.7 Å².